The Balaban J connectivity index is 2.17. The highest BCUT2D eigenvalue weighted by molar-refractivity contribution is 9.10. The Labute approximate surface area is 132 Å². The summed E-state index contributed by atoms with van der Waals surface area (Å²) in [5.41, 5.74) is 2.68. The van der Waals surface area contributed by atoms with E-state index in [2.05, 4.69) is 36.2 Å². The number of aromatic amines is 1. The molecular weight excluding hydrogens is 356 g/mol. The van der Waals surface area contributed by atoms with Crippen LogP contribution < -0.4 is 10.0 Å². The zero-order valence-electron chi connectivity index (χ0n) is 11.8. The van der Waals surface area contributed by atoms with Crippen molar-refractivity contribution in [1.29, 1.82) is 0 Å². The summed E-state index contributed by atoms with van der Waals surface area (Å²) in [4.78, 5) is 0.225. The molecule has 1 aromatic carbocycles. The van der Waals surface area contributed by atoms with E-state index in [1.54, 1.807) is 24.4 Å². The van der Waals surface area contributed by atoms with Crippen LogP contribution in [0.4, 0.5) is 0 Å². The molecule has 0 saturated heterocycles. The van der Waals surface area contributed by atoms with Crippen LogP contribution in [0.5, 0.6) is 0 Å². The van der Waals surface area contributed by atoms with Crippen LogP contribution in [0.3, 0.4) is 0 Å². The van der Waals surface area contributed by atoms with Crippen molar-refractivity contribution in [1.82, 2.24) is 20.2 Å². The number of H-pyrrole nitrogens is 1. The molecule has 0 aliphatic heterocycles. The molecule has 0 unspecified atom stereocenters. The van der Waals surface area contributed by atoms with Gasteiger partial charge in [-0.3, -0.25) is 5.10 Å². The van der Waals surface area contributed by atoms with Crippen LogP contribution in [0.25, 0.3) is 0 Å². The van der Waals surface area contributed by atoms with Crippen molar-refractivity contribution in [2.45, 2.75) is 24.9 Å². The van der Waals surface area contributed by atoms with Gasteiger partial charge in [0.15, 0.2) is 0 Å². The highest BCUT2D eigenvalue weighted by atomic mass is 79.9. The number of sulfonamides is 1. The average molecular weight is 373 g/mol. The maximum Gasteiger partial charge on any atom is 0.241 e. The van der Waals surface area contributed by atoms with Gasteiger partial charge in [0.25, 0.3) is 0 Å². The topological polar surface area (TPSA) is 86.9 Å². The fourth-order valence-electron chi connectivity index (χ4n) is 1.88. The summed E-state index contributed by atoms with van der Waals surface area (Å²) in [5.74, 6) is 0. The summed E-state index contributed by atoms with van der Waals surface area (Å²) >= 11 is 3.32. The molecule has 6 nitrogen and oxygen atoms in total. The van der Waals surface area contributed by atoms with Gasteiger partial charge >= 0.3 is 0 Å². The lowest BCUT2D eigenvalue weighted by molar-refractivity contribution is 0.580. The summed E-state index contributed by atoms with van der Waals surface area (Å²) < 4.78 is 27.8. The molecular formula is C13H17BrN4O2S. The second-order valence-electron chi connectivity index (χ2n) is 4.64. The minimum absolute atomic E-state index is 0.204. The largest absolute Gasteiger partial charge is 0.316 e. The van der Waals surface area contributed by atoms with Crippen molar-refractivity contribution in [2.75, 3.05) is 7.05 Å². The number of aromatic nitrogens is 2. The van der Waals surface area contributed by atoms with Gasteiger partial charge in [0, 0.05) is 28.8 Å². The quantitative estimate of drug-likeness (QED) is 0.719. The molecule has 0 saturated carbocycles. The molecule has 1 heterocycles. The van der Waals surface area contributed by atoms with E-state index in [0.717, 1.165) is 16.8 Å². The van der Waals surface area contributed by atoms with Gasteiger partial charge in [-0.25, -0.2) is 13.1 Å². The van der Waals surface area contributed by atoms with Crippen molar-refractivity contribution in [2.24, 2.45) is 0 Å². The predicted octanol–water partition coefficient (Wildman–Crippen LogP) is 1.68. The zero-order chi connectivity index (χ0) is 15.5. The Hall–Kier alpha value is -1.22. The molecule has 2 aromatic rings. The molecule has 1 aromatic heterocycles. The molecule has 0 atom stereocenters. The number of hydrogen-bond acceptors (Lipinski definition) is 4. The predicted molar refractivity (Wildman–Crippen MR) is 84.3 cm³/mol. The van der Waals surface area contributed by atoms with Gasteiger partial charge in [-0.1, -0.05) is 6.07 Å². The second kappa shape index (κ2) is 6.69. The van der Waals surface area contributed by atoms with Gasteiger partial charge in [-0.05, 0) is 47.6 Å². The first-order valence-corrected chi connectivity index (χ1v) is 8.63. The van der Waals surface area contributed by atoms with Gasteiger partial charge in [0.2, 0.25) is 10.0 Å². The van der Waals surface area contributed by atoms with Crippen LogP contribution in [-0.4, -0.2) is 25.7 Å². The molecule has 114 valence electrons. The van der Waals surface area contributed by atoms with Gasteiger partial charge in [0.05, 0.1) is 11.1 Å². The van der Waals surface area contributed by atoms with Crippen molar-refractivity contribution in [3.8, 4) is 0 Å². The summed E-state index contributed by atoms with van der Waals surface area (Å²) in [7, 11) is -1.73. The molecule has 0 bridgehead atoms. The standard InChI is InChI=1S/C13H17BrN4O2S/c1-9-11(7-16-18-9)8-17-21(19,20)13-4-3-10(6-15-2)5-12(13)14/h3-5,7,15,17H,6,8H2,1-2H3,(H,16,18). The monoisotopic (exact) mass is 372 g/mol. The summed E-state index contributed by atoms with van der Waals surface area (Å²) in [6.07, 6.45) is 1.61. The zero-order valence-corrected chi connectivity index (χ0v) is 14.2. The molecule has 0 fully saturated rings. The Morgan fingerprint density at radius 2 is 2.10 bits per heavy atom. The number of nitrogens with zero attached hydrogens (tertiary/aromatic N) is 1. The van der Waals surface area contributed by atoms with Gasteiger partial charge in [0.1, 0.15) is 0 Å². The van der Waals surface area contributed by atoms with E-state index in [-0.39, 0.29) is 11.4 Å². The number of halogens is 1. The molecule has 8 heteroatoms. The molecule has 0 aliphatic carbocycles. The van der Waals surface area contributed by atoms with E-state index in [4.69, 9.17) is 0 Å². The lowest BCUT2D eigenvalue weighted by Gasteiger charge is -2.10. The van der Waals surface area contributed by atoms with E-state index in [0.29, 0.717) is 11.0 Å². The van der Waals surface area contributed by atoms with Crippen LogP contribution in [0, 0.1) is 6.92 Å². The Bertz CT molecular complexity index is 728. The average Bonchev–Trinajstić information content (AvgIpc) is 2.82. The van der Waals surface area contributed by atoms with E-state index in [9.17, 15) is 8.42 Å². The van der Waals surface area contributed by atoms with Crippen LogP contribution in [0.15, 0.2) is 33.8 Å². The first-order valence-electron chi connectivity index (χ1n) is 6.35. The summed E-state index contributed by atoms with van der Waals surface area (Å²) in [6, 6.07) is 5.19. The minimum atomic E-state index is -3.57. The molecule has 0 amide bonds. The lowest BCUT2D eigenvalue weighted by atomic mass is 10.2. The molecule has 0 spiro atoms. The smallest absolute Gasteiger partial charge is 0.241 e. The fourth-order valence-corrected chi connectivity index (χ4v) is 4.01. The molecule has 3 N–H and O–H groups in total. The van der Waals surface area contributed by atoms with Crippen LogP contribution >= 0.6 is 15.9 Å². The number of nitrogens with one attached hydrogen (secondary N) is 3. The maximum absolute atomic E-state index is 12.3. The first kappa shape index (κ1) is 16.2. The number of aryl methyl sites for hydroxylation is 1. The Morgan fingerprint density at radius 3 is 2.67 bits per heavy atom. The molecule has 21 heavy (non-hydrogen) atoms. The third-order valence-corrected chi connectivity index (χ3v) is 5.43. The van der Waals surface area contributed by atoms with Crippen molar-refractivity contribution < 1.29 is 8.42 Å². The van der Waals surface area contributed by atoms with E-state index in [1.165, 1.54) is 0 Å². The fraction of sp³-hybridized carbons (Fsp3) is 0.308. The van der Waals surface area contributed by atoms with Crippen LogP contribution in [0.1, 0.15) is 16.8 Å². The van der Waals surface area contributed by atoms with E-state index >= 15 is 0 Å². The Morgan fingerprint density at radius 1 is 1.33 bits per heavy atom. The third-order valence-electron chi connectivity index (χ3n) is 3.05. The van der Waals surface area contributed by atoms with E-state index in [1.807, 2.05) is 14.0 Å². The SMILES string of the molecule is CNCc1ccc(S(=O)(=O)NCc2cn[nH]c2C)c(Br)c1. The molecule has 0 aliphatic rings. The van der Waals surface area contributed by atoms with Crippen LogP contribution in [0.2, 0.25) is 0 Å². The number of benzene rings is 1. The van der Waals surface area contributed by atoms with Crippen molar-refractivity contribution in [3.05, 3.63) is 45.7 Å². The van der Waals surface area contributed by atoms with Gasteiger partial charge in [-0.15, -0.1) is 0 Å². The van der Waals surface area contributed by atoms with Crippen molar-refractivity contribution >= 4 is 26.0 Å². The van der Waals surface area contributed by atoms with Gasteiger partial charge < -0.3 is 5.32 Å². The van der Waals surface area contributed by atoms with Gasteiger partial charge in [-0.2, -0.15) is 5.10 Å². The Kier molecular flexibility index (Phi) is 5.15. The number of rotatable bonds is 6. The van der Waals surface area contributed by atoms with Crippen molar-refractivity contribution in [3.63, 3.8) is 0 Å². The molecule has 2 rings (SSSR count). The van der Waals surface area contributed by atoms with E-state index < -0.39 is 10.0 Å². The summed E-state index contributed by atoms with van der Waals surface area (Å²) in [5, 5.41) is 9.67. The molecule has 0 radical (unpaired) electrons. The highest BCUT2D eigenvalue weighted by Gasteiger charge is 2.18. The number of hydrogen-bond donors (Lipinski definition) is 3. The first-order chi connectivity index (χ1) is 9.94. The summed E-state index contributed by atoms with van der Waals surface area (Å²) in [6.45, 7) is 2.73. The third kappa shape index (κ3) is 3.91. The normalized spacial score (nSPS) is 11.8. The minimum Gasteiger partial charge on any atom is -0.316 e. The lowest BCUT2D eigenvalue weighted by Crippen LogP contribution is -2.24. The maximum atomic E-state index is 12.3. The van der Waals surface area contributed by atoms with Crippen LogP contribution in [-0.2, 0) is 23.1 Å². The highest BCUT2D eigenvalue weighted by Crippen LogP contribution is 2.23. The second-order valence-corrected chi connectivity index (χ2v) is 7.23.